The first-order valence-corrected chi connectivity index (χ1v) is 8.46. The summed E-state index contributed by atoms with van der Waals surface area (Å²) in [4.78, 5) is 25.2. The fourth-order valence-electron chi connectivity index (χ4n) is 2.36. The third-order valence-electron chi connectivity index (χ3n) is 3.24. The van der Waals surface area contributed by atoms with Crippen molar-refractivity contribution in [3.8, 4) is 0 Å². The quantitative estimate of drug-likeness (QED) is 0.769. The van der Waals surface area contributed by atoms with Gasteiger partial charge >= 0.3 is 11.9 Å². The highest BCUT2D eigenvalue weighted by molar-refractivity contribution is 7.09. The third-order valence-corrected chi connectivity index (χ3v) is 4.14. The molecule has 0 aliphatic rings. The summed E-state index contributed by atoms with van der Waals surface area (Å²) in [7, 11) is 0. The minimum absolute atomic E-state index is 0.203. The summed E-state index contributed by atoms with van der Waals surface area (Å²) in [6.45, 7) is 9.32. The minimum atomic E-state index is -0.930. The normalized spacial score (nSPS) is 14.6. The predicted octanol–water partition coefficient (Wildman–Crippen LogP) is 4.00. The van der Waals surface area contributed by atoms with E-state index in [1.807, 2.05) is 31.4 Å². The molecule has 0 aliphatic carbocycles. The Kier molecular flexibility index (Phi) is 6.60. The lowest BCUT2D eigenvalue weighted by Crippen LogP contribution is -2.37. The van der Waals surface area contributed by atoms with Crippen molar-refractivity contribution in [2.24, 2.45) is 17.8 Å². The molecule has 124 valence electrons. The second-order valence-corrected chi connectivity index (χ2v) is 8.03. The van der Waals surface area contributed by atoms with Gasteiger partial charge in [-0.1, -0.05) is 19.9 Å². The standard InChI is InChI=1S/C17H26O4S/c1-11(2)9-13(15(18)19)14(10-12-7-6-8-22-12)16(20)21-17(3,4)5/h6-8,11,13-14H,9-10H2,1-5H3,(H,18,19)/t13-,14+/m1/s1. The highest BCUT2D eigenvalue weighted by Gasteiger charge is 2.37. The van der Waals surface area contributed by atoms with Crippen LogP contribution in [0.2, 0.25) is 0 Å². The van der Waals surface area contributed by atoms with Crippen molar-refractivity contribution in [3.05, 3.63) is 22.4 Å². The van der Waals surface area contributed by atoms with Crippen LogP contribution in [0.5, 0.6) is 0 Å². The van der Waals surface area contributed by atoms with Crippen LogP contribution in [0.3, 0.4) is 0 Å². The minimum Gasteiger partial charge on any atom is -0.481 e. The largest absolute Gasteiger partial charge is 0.481 e. The number of carbonyl (C=O) groups is 2. The van der Waals surface area contributed by atoms with Crippen molar-refractivity contribution < 1.29 is 19.4 Å². The molecule has 0 unspecified atom stereocenters. The number of hydrogen-bond donors (Lipinski definition) is 1. The van der Waals surface area contributed by atoms with Gasteiger partial charge in [-0.25, -0.2) is 0 Å². The van der Waals surface area contributed by atoms with E-state index in [9.17, 15) is 14.7 Å². The first-order chi connectivity index (χ1) is 10.1. The van der Waals surface area contributed by atoms with E-state index >= 15 is 0 Å². The molecule has 4 nitrogen and oxygen atoms in total. The zero-order chi connectivity index (χ0) is 16.9. The molecule has 0 spiro atoms. The topological polar surface area (TPSA) is 63.6 Å². The Bertz CT molecular complexity index is 485. The van der Waals surface area contributed by atoms with Gasteiger partial charge in [0.2, 0.25) is 0 Å². The van der Waals surface area contributed by atoms with Gasteiger partial charge in [0.15, 0.2) is 0 Å². The Balaban J connectivity index is 3.02. The number of esters is 1. The van der Waals surface area contributed by atoms with Gasteiger partial charge in [0, 0.05) is 4.88 Å². The highest BCUT2D eigenvalue weighted by atomic mass is 32.1. The maximum atomic E-state index is 12.5. The van der Waals surface area contributed by atoms with Gasteiger partial charge in [0.1, 0.15) is 5.60 Å². The second-order valence-electron chi connectivity index (χ2n) is 7.00. The molecule has 2 atom stereocenters. The summed E-state index contributed by atoms with van der Waals surface area (Å²) in [6, 6.07) is 3.83. The number of carbonyl (C=O) groups excluding carboxylic acids is 1. The molecular weight excluding hydrogens is 300 g/mol. The van der Waals surface area contributed by atoms with Crippen LogP contribution in [0.25, 0.3) is 0 Å². The molecule has 1 rings (SSSR count). The average molecular weight is 326 g/mol. The Hall–Kier alpha value is -1.36. The molecule has 1 aromatic rings. The van der Waals surface area contributed by atoms with Crippen LogP contribution in [-0.4, -0.2) is 22.6 Å². The van der Waals surface area contributed by atoms with Crippen LogP contribution >= 0.6 is 11.3 Å². The molecular formula is C17H26O4S. The second kappa shape index (κ2) is 7.77. The fraction of sp³-hybridized carbons (Fsp3) is 0.647. The van der Waals surface area contributed by atoms with Crippen molar-refractivity contribution in [3.63, 3.8) is 0 Å². The van der Waals surface area contributed by atoms with Crippen LogP contribution in [0, 0.1) is 17.8 Å². The highest BCUT2D eigenvalue weighted by Crippen LogP contribution is 2.29. The van der Waals surface area contributed by atoms with Crippen LogP contribution < -0.4 is 0 Å². The van der Waals surface area contributed by atoms with Gasteiger partial charge < -0.3 is 9.84 Å². The molecule has 5 heteroatoms. The predicted molar refractivity (Wildman–Crippen MR) is 87.9 cm³/mol. The molecule has 22 heavy (non-hydrogen) atoms. The molecule has 1 heterocycles. The van der Waals surface area contributed by atoms with Crippen molar-refractivity contribution in [2.45, 2.75) is 53.1 Å². The number of thiophene rings is 1. The van der Waals surface area contributed by atoms with E-state index in [0.717, 1.165) is 4.88 Å². The number of ether oxygens (including phenoxy) is 1. The van der Waals surface area contributed by atoms with Crippen LogP contribution in [0.15, 0.2) is 17.5 Å². The van der Waals surface area contributed by atoms with Crippen LogP contribution in [0.1, 0.15) is 45.9 Å². The summed E-state index contributed by atoms with van der Waals surface area (Å²) in [6.07, 6.45) is 0.876. The molecule has 0 radical (unpaired) electrons. The smallest absolute Gasteiger partial charge is 0.310 e. The first-order valence-electron chi connectivity index (χ1n) is 7.58. The Morgan fingerprint density at radius 3 is 2.32 bits per heavy atom. The van der Waals surface area contributed by atoms with E-state index in [0.29, 0.717) is 12.8 Å². The average Bonchev–Trinajstić information content (AvgIpc) is 2.83. The zero-order valence-electron chi connectivity index (χ0n) is 14.0. The maximum absolute atomic E-state index is 12.5. The lowest BCUT2D eigenvalue weighted by atomic mass is 9.83. The Morgan fingerprint density at radius 2 is 1.91 bits per heavy atom. The van der Waals surface area contributed by atoms with Crippen molar-refractivity contribution in [2.75, 3.05) is 0 Å². The zero-order valence-corrected chi connectivity index (χ0v) is 14.8. The molecule has 0 saturated heterocycles. The van der Waals surface area contributed by atoms with E-state index in [4.69, 9.17) is 4.74 Å². The van der Waals surface area contributed by atoms with Gasteiger partial charge in [0.25, 0.3) is 0 Å². The summed E-state index contributed by atoms with van der Waals surface area (Å²) in [5.41, 5.74) is -0.619. The third kappa shape index (κ3) is 6.18. The number of rotatable bonds is 7. The molecule has 0 amide bonds. The SMILES string of the molecule is CC(C)C[C@@H](C(=O)O)[C@H](Cc1cccs1)C(=O)OC(C)(C)C. The van der Waals surface area contributed by atoms with Crippen LogP contribution in [0.4, 0.5) is 0 Å². The summed E-state index contributed by atoms with van der Waals surface area (Å²) >= 11 is 1.53. The van der Waals surface area contributed by atoms with E-state index in [1.54, 1.807) is 20.8 Å². The molecule has 1 N–H and O–H groups in total. The number of hydrogen-bond acceptors (Lipinski definition) is 4. The molecule has 0 aromatic carbocycles. The number of carboxylic acid groups (broad SMARTS) is 1. The van der Waals surface area contributed by atoms with Crippen molar-refractivity contribution in [1.82, 2.24) is 0 Å². The number of carboxylic acids is 1. The maximum Gasteiger partial charge on any atom is 0.310 e. The number of aliphatic carboxylic acids is 1. The Morgan fingerprint density at radius 1 is 1.27 bits per heavy atom. The van der Waals surface area contributed by atoms with Gasteiger partial charge in [0.05, 0.1) is 11.8 Å². The van der Waals surface area contributed by atoms with Gasteiger partial charge in [-0.2, -0.15) is 0 Å². The van der Waals surface area contributed by atoms with Crippen molar-refractivity contribution >= 4 is 23.3 Å². The summed E-state index contributed by atoms with van der Waals surface area (Å²) in [5, 5.41) is 11.5. The first kappa shape index (κ1) is 18.7. The molecule has 0 aliphatic heterocycles. The summed E-state index contributed by atoms with van der Waals surface area (Å²) in [5.74, 6) is -2.53. The van der Waals surface area contributed by atoms with Gasteiger partial charge in [-0.05, 0) is 51.0 Å². The lowest BCUT2D eigenvalue weighted by molar-refractivity contribution is -0.167. The van der Waals surface area contributed by atoms with E-state index in [-0.39, 0.29) is 5.92 Å². The van der Waals surface area contributed by atoms with E-state index in [2.05, 4.69) is 0 Å². The fourth-order valence-corrected chi connectivity index (χ4v) is 3.12. The van der Waals surface area contributed by atoms with Crippen LogP contribution in [-0.2, 0) is 20.7 Å². The van der Waals surface area contributed by atoms with Crippen molar-refractivity contribution in [1.29, 1.82) is 0 Å². The van der Waals surface area contributed by atoms with Gasteiger partial charge in [-0.3, -0.25) is 9.59 Å². The van der Waals surface area contributed by atoms with Gasteiger partial charge in [-0.15, -0.1) is 11.3 Å². The Labute approximate surface area is 136 Å². The molecule has 1 aromatic heterocycles. The molecule has 0 saturated carbocycles. The molecule has 0 bridgehead atoms. The lowest BCUT2D eigenvalue weighted by Gasteiger charge is -2.28. The van der Waals surface area contributed by atoms with E-state index in [1.165, 1.54) is 11.3 Å². The van der Waals surface area contributed by atoms with E-state index < -0.39 is 29.4 Å². The monoisotopic (exact) mass is 326 g/mol. The molecule has 0 fully saturated rings. The summed E-state index contributed by atoms with van der Waals surface area (Å²) < 4.78 is 5.46.